The molecule has 1 unspecified atom stereocenters. The minimum Gasteiger partial charge on any atom is -0.446 e. The van der Waals surface area contributed by atoms with E-state index in [9.17, 15) is 4.79 Å². The maximum Gasteiger partial charge on any atom is 0.404 e. The number of carbonyl (C=O) groups is 1. The Morgan fingerprint density at radius 1 is 1.70 bits per heavy atom. The third kappa shape index (κ3) is 1.23. The summed E-state index contributed by atoms with van der Waals surface area (Å²) < 4.78 is 4.84. The Bertz CT molecular complexity index is 154. The molecule has 58 valence electrons. The van der Waals surface area contributed by atoms with E-state index in [-0.39, 0.29) is 11.5 Å². The third-order valence-corrected chi connectivity index (χ3v) is 2.18. The Morgan fingerprint density at radius 2 is 2.30 bits per heavy atom. The smallest absolute Gasteiger partial charge is 0.404 e. The van der Waals surface area contributed by atoms with E-state index >= 15 is 0 Å². The van der Waals surface area contributed by atoms with E-state index in [4.69, 9.17) is 10.5 Å². The Kier molecular flexibility index (Phi) is 1.58. The van der Waals surface area contributed by atoms with Crippen LogP contribution in [-0.2, 0) is 4.74 Å². The number of hydrogen-bond acceptors (Lipinski definition) is 2. The van der Waals surface area contributed by atoms with Crippen LogP contribution in [0.3, 0.4) is 0 Å². The van der Waals surface area contributed by atoms with Gasteiger partial charge in [0.25, 0.3) is 0 Å². The number of amides is 1. The summed E-state index contributed by atoms with van der Waals surface area (Å²) in [6.07, 6.45) is 1.46. The first-order valence-corrected chi connectivity index (χ1v) is 3.48. The lowest BCUT2D eigenvalue weighted by molar-refractivity contribution is -0.0464. The van der Waals surface area contributed by atoms with Gasteiger partial charge in [-0.25, -0.2) is 4.79 Å². The van der Waals surface area contributed by atoms with Crippen LogP contribution in [0.4, 0.5) is 4.79 Å². The number of ether oxygens (including phenoxy) is 1. The predicted molar refractivity (Wildman–Crippen MR) is 37.5 cm³/mol. The summed E-state index contributed by atoms with van der Waals surface area (Å²) in [5, 5.41) is 0. The zero-order chi connectivity index (χ0) is 7.78. The molecule has 1 aliphatic carbocycles. The molecule has 0 aromatic heterocycles. The molecule has 1 fully saturated rings. The van der Waals surface area contributed by atoms with Gasteiger partial charge in [-0.2, -0.15) is 0 Å². The highest BCUT2D eigenvalue weighted by atomic mass is 16.6. The van der Waals surface area contributed by atoms with Gasteiger partial charge in [0, 0.05) is 5.41 Å². The normalized spacial score (nSPS) is 28.8. The summed E-state index contributed by atoms with van der Waals surface area (Å²) in [5.74, 6) is 0. The van der Waals surface area contributed by atoms with Crippen molar-refractivity contribution in [1.29, 1.82) is 0 Å². The van der Waals surface area contributed by atoms with Gasteiger partial charge in [0.15, 0.2) is 0 Å². The monoisotopic (exact) mass is 143 g/mol. The molecule has 10 heavy (non-hydrogen) atoms. The molecule has 3 heteroatoms. The van der Waals surface area contributed by atoms with Crippen molar-refractivity contribution in [2.24, 2.45) is 11.1 Å². The average Bonchev–Trinajstić information content (AvgIpc) is 1.81. The SMILES string of the molecule is CC1(C)CCC1OC(N)=O. The Labute approximate surface area is 60.5 Å². The predicted octanol–water partition coefficient (Wildman–Crippen LogP) is 1.27. The lowest BCUT2D eigenvalue weighted by Gasteiger charge is -2.42. The second kappa shape index (κ2) is 2.15. The molecule has 3 nitrogen and oxygen atoms in total. The second-order valence-electron chi connectivity index (χ2n) is 3.45. The number of primary amides is 1. The van der Waals surface area contributed by atoms with Crippen molar-refractivity contribution in [2.45, 2.75) is 32.8 Å². The van der Waals surface area contributed by atoms with Crippen molar-refractivity contribution in [1.82, 2.24) is 0 Å². The number of nitrogens with two attached hydrogens (primary N) is 1. The highest BCUT2D eigenvalue weighted by Crippen LogP contribution is 2.41. The van der Waals surface area contributed by atoms with E-state index in [0.717, 1.165) is 12.8 Å². The maximum absolute atomic E-state index is 10.3. The van der Waals surface area contributed by atoms with Crippen molar-refractivity contribution >= 4 is 6.09 Å². The molecule has 2 N–H and O–H groups in total. The maximum atomic E-state index is 10.3. The van der Waals surface area contributed by atoms with Crippen LogP contribution in [0.5, 0.6) is 0 Å². The van der Waals surface area contributed by atoms with Crippen LogP contribution in [0, 0.1) is 5.41 Å². The first kappa shape index (κ1) is 7.38. The number of rotatable bonds is 1. The fourth-order valence-corrected chi connectivity index (χ4v) is 1.20. The second-order valence-corrected chi connectivity index (χ2v) is 3.45. The molecule has 0 aromatic carbocycles. The van der Waals surface area contributed by atoms with Gasteiger partial charge >= 0.3 is 6.09 Å². The van der Waals surface area contributed by atoms with Gasteiger partial charge in [0.05, 0.1) is 0 Å². The van der Waals surface area contributed by atoms with Crippen molar-refractivity contribution < 1.29 is 9.53 Å². The minimum absolute atomic E-state index is 0.0463. The first-order chi connectivity index (χ1) is 4.52. The van der Waals surface area contributed by atoms with Gasteiger partial charge in [-0.05, 0) is 12.8 Å². The third-order valence-electron chi connectivity index (χ3n) is 2.18. The van der Waals surface area contributed by atoms with Crippen LogP contribution in [-0.4, -0.2) is 12.2 Å². The fourth-order valence-electron chi connectivity index (χ4n) is 1.20. The summed E-state index contributed by atoms with van der Waals surface area (Å²) in [6.45, 7) is 4.15. The van der Waals surface area contributed by atoms with Crippen molar-refractivity contribution in [3.05, 3.63) is 0 Å². The zero-order valence-corrected chi connectivity index (χ0v) is 6.39. The summed E-state index contributed by atoms with van der Waals surface area (Å²) in [4.78, 5) is 10.3. The molecule has 0 aliphatic heterocycles. The van der Waals surface area contributed by atoms with Gasteiger partial charge in [0.1, 0.15) is 6.10 Å². The lowest BCUT2D eigenvalue weighted by Crippen LogP contribution is -2.44. The van der Waals surface area contributed by atoms with Gasteiger partial charge in [-0.15, -0.1) is 0 Å². The topological polar surface area (TPSA) is 52.3 Å². The van der Waals surface area contributed by atoms with Crippen LogP contribution < -0.4 is 5.73 Å². The van der Waals surface area contributed by atoms with Crippen molar-refractivity contribution in [2.75, 3.05) is 0 Å². The molecule has 1 amide bonds. The number of carbonyl (C=O) groups excluding carboxylic acids is 1. The Hall–Kier alpha value is -0.730. The van der Waals surface area contributed by atoms with Crippen LogP contribution in [0.15, 0.2) is 0 Å². The Morgan fingerprint density at radius 3 is 2.40 bits per heavy atom. The summed E-state index contributed by atoms with van der Waals surface area (Å²) in [6, 6.07) is 0. The van der Waals surface area contributed by atoms with E-state index in [0.29, 0.717) is 0 Å². The molecule has 1 atom stereocenters. The van der Waals surface area contributed by atoms with Crippen LogP contribution in [0.25, 0.3) is 0 Å². The molecule has 0 saturated heterocycles. The molecule has 0 spiro atoms. The standard InChI is InChI=1S/C7H13NO2/c1-7(2)4-3-5(7)10-6(8)9/h5H,3-4H2,1-2H3,(H2,8,9). The van der Waals surface area contributed by atoms with Crippen molar-refractivity contribution in [3.8, 4) is 0 Å². The Balaban J connectivity index is 2.37. The lowest BCUT2D eigenvalue weighted by atomic mass is 9.69. The average molecular weight is 143 g/mol. The highest BCUT2D eigenvalue weighted by Gasteiger charge is 2.40. The number of hydrogen-bond donors (Lipinski definition) is 1. The molecule has 1 rings (SSSR count). The van der Waals surface area contributed by atoms with E-state index in [2.05, 4.69) is 13.8 Å². The van der Waals surface area contributed by atoms with E-state index in [1.54, 1.807) is 0 Å². The van der Waals surface area contributed by atoms with E-state index < -0.39 is 6.09 Å². The summed E-state index contributed by atoms with van der Waals surface area (Å²) in [5.41, 5.74) is 5.01. The van der Waals surface area contributed by atoms with Crippen LogP contribution in [0.1, 0.15) is 26.7 Å². The van der Waals surface area contributed by atoms with Crippen LogP contribution in [0.2, 0.25) is 0 Å². The first-order valence-electron chi connectivity index (χ1n) is 3.48. The largest absolute Gasteiger partial charge is 0.446 e. The van der Waals surface area contributed by atoms with Crippen molar-refractivity contribution in [3.63, 3.8) is 0 Å². The molecular weight excluding hydrogens is 130 g/mol. The molecular formula is C7H13NO2. The van der Waals surface area contributed by atoms with Gasteiger partial charge in [-0.3, -0.25) is 0 Å². The molecule has 1 saturated carbocycles. The minimum atomic E-state index is -0.655. The fraction of sp³-hybridized carbons (Fsp3) is 0.857. The molecule has 0 heterocycles. The molecule has 0 bridgehead atoms. The van der Waals surface area contributed by atoms with Gasteiger partial charge in [0.2, 0.25) is 0 Å². The van der Waals surface area contributed by atoms with Gasteiger partial charge < -0.3 is 10.5 Å². The quantitative estimate of drug-likeness (QED) is 0.601. The van der Waals surface area contributed by atoms with E-state index in [1.165, 1.54) is 0 Å². The highest BCUT2D eigenvalue weighted by molar-refractivity contribution is 5.65. The summed E-state index contributed by atoms with van der Waals surface area (Å²) in [7, 11) is 0. The molecule has 0 aromatic rings. The van der Waals surface area contributed by atoms with Crippen LogP contribution >= 0.6 is 0 Å². The molecule has 0 radical (unpaired) electrons. The zero-order valence-electron chi connectivity index (χ0n) is 6.39. The molecule has 1 aliphatic rings. The van der Waals surface area contributed by atoms with E-state index in [1.807, 2.05) is 0 Å². The van der Waals surface area contributed by atoms with Gasteiger partial charge in [-0.1, -0.05) is 13.8 Å². The summed E-state index contributed by atoms with van der Waals surface area (Å²) >= 11 is 0.